The number of nitrogens with one attached hydrogen (secondary N) is 1. The molecule has 5 nitrogen and oxygen atoms in total. The highest BCUT2D eigenvalue weighted by molar-refractivity contribution is 7.99. The van der Waals surface area contributed by atoms with Crippen molar-refractivity contribution in [2.24, 2.45) is 0 Å². The molecule has 0 spiro atoms. The fraction of sp³-hybridized carbons (Fsp3) is 0.615. The molecule has 1 aliphatic carbocycles. The molecule has 1 aromatic heterocycles. The molecular weight excluding hydrogens is 262 g/mol. The third-order valence-electron chi connectivity index (χ3n) is 3.41. The fourth-order valence-electron chi connectivity index (χ4n) is 2.39. The van der Waals surface area contributed by atoms with Crippen LogP contribution >= 0.6 is 11.8 Å². The Morgan fingerprint density at radius 3 is 2.95 bits per heavy atom. The van der Waals surface area contributed by atoms with Crippen LogP contribution in [-0.2, 0) is 4.79 Å². The van der Waals surface area contributed by atoms with E-state index in [1.165, 1.54) is 0 Å². The smallest absolute Gasteiger partial charge is 0.323 e. The van der Waals surface area contributed by atoms with Crippen LogP contribution in [-0.4, -0.2) is 38.4 Å². The average Bonchev–Trinajstić information content (AvgIpc) is 2.82. The Kier molecular flexibility index (Phi) is 4.76. The first-order valence-corrected chi connectivity index (χ1v) is 7.46. The van der Waals surface area contributed by atoms with E-state index in [1.807, 2.05) is 6.92 Å². The van der Waals surface area contributed by atoms with Crippen molar-refractivity contribution in [3.8, 4) is 0 Å². The first-order chi connectivity index (χ1) is 9.16. The monoisotopic (exact) mass is 281 g/mol. The Bertz CT molecular complexity index is 429. The molecule has 1 saturated carbocycles. The van der Waals surface area contributed by atoms with Crippen LogP contribution in [0.1, 0.15) is 32.6 Å². The lowest BCUT2D eigenvalue weighted by molar-refractivity contribution is -0.144. The minimum atomic E-state index is -0.761. The highest BCUT2D eigenvalue weighted by Gasteiger charge is 2.45. The van der Waals surface area contributed by atoms with Gasteiger partial charge in [-0.1, -0.05) is 18.7 Å². The molecule has 1 aromatic rings. The Morgan fingerprint density at radius 2 is 2.32 bits per heavy atom. The van der Waals surface area contributed by atoms with E-state index in [9.17, 15) is 9.90 Å². The number of hydrogen-bond acceptors (Lipinski definition) is 5. The van der Waals surface area contributed by atoms with E-state index in [-0.39, 0.29) is 5.25 Å². The van der Waals surface area contributed by atoms with Crippen LogP contribution in [0.3, 0.4) is 0 Å². The van der Waals surface area contributed by atoms with Crippen molar-refractivity contribution in [1.29, 1.82) is 0 Å². The van der Waals surface area contributed by atoms with Gasteiger partial charge in [-0.15, -0.1) is 0 Å². The highest BCUT2D eigenvalue weighted by Crippen LogP contribution is 2.39. The maximum Gasteiger partial charge on any atom is 0.323 e. The van der Waals surface area contributed by atoms with E-state index in [2.05, 4.69) is 15.3 Å². The lowest BCUT2D eigenvalue weighted by Crippen LogP contribution is -2.50. The van der Waals surface area contributed by atoms with Crippen LogP contribution in [0.15, 0.2) is 23.6 Å². The zero-order valence-electron chi connectivity index (χ0n) is 11.0. The molecule has 1 aliphatic rings. The van der Waals surface area contributed by atoms with Crippen molar-refractivity contribution in [1.82, 2.24) is 15.3 Å². The van der Waals surface area contributed by atoms with Crippen LogP contribution in [0.2, 0.25) is 0 Å². The molecule has 0 amide bonds. The number of rotatable bonds is 6. The molecule has 0 saturated heterocycles. The fourth-order valence-corrected chi connectivity index (χ4v) is 3.54. The van der Waals surface area contributed by atoms with Crippen LogP contribution in [0.5, 0.6) is 0 Å². The number of aliphatic carboxylic acids is 1. The van der Waals surface area contributed by atoms with Crippen LogP contribution in [0.25, 0.3) is 0 Å². The Hall–Kier alpha value is -1.14. The summed E-state index contributed by atoms with van der Waals surface area (Å²) < 4.78 is 0. The molecule has 0 aliphatic heterocycles. The summed E-state index contributed by atoms with van der Waals surface area (Å²) >= 11 is 1.58. The van der Waals surface area contributed by atoms with Gasteiger partial charge in [0.15, 0.2) is 5.16 Å². The SMILES string of the molecule is CCCNC1(C(=O)O)CCC(Sc2ncccn2)C1. The van der Waals surface area contributed by atoms with Gasteiger partial charge in [0.05, 0.1) is 0 Å². The molecule has 1 fully saturated rings. The van der Waals surface area contributed by atoms with Crippen molar-refractivity contribution in [2.45, 2.75) is 48.6 Å². The second kappa shape index (κ2) is 6.34. The van der Waals surface area contributed by atoms with Gasteiger partial charge in [0, 0.05) is 17.6 Å². The summed E-state index contributed by atoms with van der Waals surface area (Å²) in [4.78, 5) is 19.9. The lowest BCUT2D eigenvalue weighted by Gasteiger charge is -2.25. The van der Waals surface area contributed by atoms with Crippen molar-refractivity contribution in [3.05, 3.63) is 18.5 Å². The first kappa shape index (κ1) is 14.3. The Labute approximate surface area is 117 Å². The van der Waals surface area contributed by atoms with Gasteiger partial charge in [0.25, 0.3) is 0 Å². The predicted octanol–water partition coefficient (Wildman–Crippen LogP) is 1.94. The van der Waals surface area contributed by atoms with Crippen molar-refractivity contribution < 1.29 is 9.90 Å². The van der Waals surface area contributed by atoms with Crippen molar-refractivity contribution >= 4 is 17.7 Å². The first-order valence-electron chi connectivity index (χ1n) is 6.58. The summed E-state index contributed by atoms with van der Waals surface area (Å²) in [5.74, 6) is -0.738. The van der Waals surface area contributed by atoms with Gasteiger partial charge in [-0.3, -0.25) is 4.79 Å². The summed E-state index contributed by atoms with van der Waals surface area (Å²) in [6, 6.07) is 1.78. The number of thioether (sulfide) groups is 1. The summed E-state index contributed by atoms with van der Waals surface area (Å²) in [7, 11) is 0. The quantitative estimate of drug-likeness (QED) is 0.776. The predicted molar refractivity (Wildman–Crippen MR) is 74.2 cm³/mol. The minimum absolute atomic E-state index is 0.267. The number of carboxylic acid groups (broad SMARTS) is 1. The largest absolute Gasteiger partial charge is 0.480 e. The standard InChI is InChI=1S/C13H19N3O2S/c1-2-6-16-13(11(17)18)5-4-10(9-13)19-12-14-7-3-8-15-12/h3,7-8,10,16H,2,4-6,9H2,1H3,(H,17,18). The maximum atomic E-state index is 11.5. The van der Waals surface area contributed by atoms with Gasteiger partial charge in [-0.25, -0.2) is 9.97 Å². The Balaban J connectivity index is 1.98. The molecule has 0 aromatic carbocycles. The van der Waals surface area contributed by atoms with Crippen molar-refractivity contribution in [3.63, 3.8) is 0 Å². The average molecular weight is 281 g/mol. The minimum Gasteiger partial charge on any atom is -0.480 e. The molecule has 2 atom stereocenters. The highest BCUT2D eigenvalue weighted by atomic mass is 32.2. The summed E-state index contributed by atoms with van der Waals surface area (Å²) in [5.41, 5.74) is -0.761. The Morgan fingerprint density at radius 1 is 1.58 bits per heavy atom. The van der Waals surface area contributed by atoms with Gasteiger partial charge >= 0.3 is 5.97 Å². The number of nitrogens with zero attached hydrogens (tertiary/aromatic N) is 2. The second-order valence-electron chi connectivity index (χ2n) is 4.83. The lowest BCUT2D eigenvalue weighted by atomic mass is 9.98. The van der Waals surface area contributed by atoms with E-state index < -0.39 is 11.5 Å². The summed E-state index contributed by atoms with van der Waals surface area (Å²) in [6.07, 6.45) is 6.55. The maximum absolute atomic E-state index is 11.5. The van der Waals surface area contributed by atoms with E-state index >= 15 is 0 Å². The summed E-state index contributed by atoms with van der Waals surface area (Å²) in [5, 5.41) is 13.7. The van der Waals surface area contributed by atoms with Gasteiger partial charge in [0.2, 0.25) is 0 Å². The normalized spacial score (nSPS) is 26.5. The van der Waals surface area contributed by atoms with Gasteiger partial charge < -0.3 is 10.4 Å². The number of aromatic nitrogens is 2. The number of hydrogen-bond donors (Lipinski definition) is 2. The van der Waals surface area contributed by atoms with E-state index in [1.54, 1.807) is 30.2 Å². The molecule has 0 radical (unpaired) electrons. The van der Waals surface area contributed by atoms with Crippen LogP contribution < -0.4 is 5.32 Å². The van der Waals surface area contributed by atoms with Gasteiger partial charge in [-0.2, -0.15) is 0 Å². The number of carboxylic acids is 1. The molecule has 2 unspecified atom stereocenters. The van der Waals surface area contributed by atoms with Crippen LogP contribution in [0, 0.1) is 0 Å². The van der Waals surface area contributed by atoms with E-state index in [0.29, 0.717) is 12.8 Å². The van der Waals surface area contributed by atoms with Gasteiger partial charge in [-0.05, 0) is 38.3 Å². The molecular formula is C13H19N3O2S. The molecule has 0 bridgehead atoms. The molecule has 2 N–H and O–H groups in total. The van der Waals surface area contributed by atoms with E-state index in [0.717, 1.165) is 24.5 Å². The van der Waals surface area contributed by atoms with Gasteiger partial charge in [0.1, 0.15) is 5.54 Å². The van der Waals surface area contributed by atoms with Crippen molar-refractivity contribution in [2.75, 3.05) is 6.54 Å². The third kappa shape index (κ3) is 3.45. The second-order valence-corrected chi connectivity index (χ2v) is 6.10. The zero-order chi connectivity index (χ0) is 13.7. The molecule has 19 heavy (non-hydrogen) atoms. The third-order valence-corrected chi connectivity index (χ3v) is 4.56. The molecule has 2 rings (SSSR count). The molecule has 1 heterocycles. The number of carbonyl (C=O) groups is 1. The topological polar surface area (TPSA) is 75.1 Å². The molecule has 6 heteroatoms. The van der Waals surface area contributed by atoms with Crippen LogP contribution in [0.4, 0.5) is 0 Å². The van der Waals surface area contributed by atoms with E-state index in [4.69, 9.17) is 0 Å². The molecule has 104 valence electrons. The zero-order valence-corrected chi connectivity index (χ0v) is 11.8. The summed E-state index contributed by atoms with van der Waals surface area (Å²) in [6.45, 7) is 2.78.